The van der Waals surface area contributed by atoms with Crippen molar-refractivity contribution in [2.45, 2.75) is 11.8 Å². The van der Waals surface area contributed by atoms with E-state index in [0.717, 1.165) is 11.3 Å². The van der Waals surface area contributed by atoms with Crippen molar-refractivity contribution >= 4 is 32.2 Å². The van der Waals surface area contributed by atoms with E-state index in [1.165, 1.54) is 35.6 Å². The Morgan fingerprint density at radius 2 is 1.80 bits per heavy atom. The van der Waals surface area contributed by atoms with Crippen molar-refractivity contribution in [2.75, 3.05) is 11.1 Å². The molecule has 0 atom stereocenters. The van der Waals surface area contributed by atoms with Crippen molar-refractivity contribution < 1.29 is 13.2 Å². The number of sulfone groups is 1. The summed E-state index contributed by atoms with van der Waals surface area (Å²) in [6.45, 7) is 1.58. The molecule has 1 N–H and O–H groups in total. The van der Waals surface area contributed by atoms with Gasteiger partial charge in [-0.05, 0) is 36.4 Å². The van der Waals surface area contributed by atoms with Crippen LogP contribution in [0, 0.1) is 0 Å². The topological polar surface area (TPSA) is 89.0 Å². The Labute approximate surface area is 149 Å². The van der Waals surface area contributed by atoms with E-state index in [2.05, 4.69) is 15.3 Å². The zero-order valence-electron chi connectivity index (χ0n) is 13.3. The van der Waals surface area contributed by atoms with E-state index >= 15 is 0 Å². The van der Waals surface area contributed by atoms with Gasteiger partial charge >= 0.3 is 0 Å². The molecule has 0 unspecified atom stereocenters. The number of hydrogen-bond donors (Lipinski definition) is 1. The zero-order valence-corrected chi connectivity index (χ0v) is 15.0. The third kappa shape index (κ3) is 3.92. The quantitative estimate of drug-likeness (QED) is 0.741. The zero-order chi connectivity index (χ0) is 17.9. The summed E-state index contributed by atoms with van der Waals surface area (Å²) in [7, 11) is -3.27. The number of rotatable bonds is 5. The number of anilines is 1. The summed E-state index contributed by atoms with van der Waals surface area (Å²) in [5.41, 5.74) is 2.05. The molecule has 6 nitrogen and oxygen atoms in total. The molecule has 0 radical (unpaired) electrons. The number of aromatic nitrogens is 2. The molecule has 0 aliphatic heterocycles. The highest BCUT2D eigenvalue weighted by molar-refractivity contribution is 7.91. The van der Waals surface area contributed by atoms with Crippen molar-refractivity contribution in [2.24, 2.45) is 0 Å². The van der Waals surface area contributed by atoms with Crippen LogP contribution >= 0.6 is 11.3 Å². The van der Waals surface area contributed by atoms with Crippen LogP contribution < -0.4 is 5.32 Å². The second-order valence-electron chi connectivity index (χ2n) is 5.16. The van der Waals surface area contributed by atoms with Crippen LogP contribution in [0.1, 0.15) is 17.3 Å². The molecule has 3 rings (SSSR count). The Bertz CT molecular complexity index is 981. The first-order valence-corrected chi connectivity index (χ1v) is 10.0. The standard InChI is InChI=1S/C17H15N3O3S2/c1-2-25(22,23)14-5-3-13(4-6-14)16(21)20-17-19-15(11-24-17)12-7-9-18-10-8-12/h3-11H,2H2,1H3,(H,19,20,21). The largest absolute Gasteiger partial charge is 0.298 e. The highest BCUT2D eigenvalue weighted by Gasteiger charge is 2.14. The fraction of sp³-hybridized carbons (Fsp3) is 0.118. The molecule has 128 valence electrons. The van der Waals surface area contributed by atoms with Crippen LogP contribution in [-0.2, 0) is 9.84 Å². The predicted molar refractivity (Wildman–Crippen MR) is 97.5 cm³/mol. The van der Waals surface area contributed by atoms with E-state index < -0.39 is 9.84 Å². The van der Waals surface area contributed by atoms with Crippen molar-refractivity contribution in [3.8, 4) is 11.3 Å². The minimum Gasteiger partial charge on any atom is -0.298 e. The van der Waals surface area contributed by atoms with E-state index in [9.17, 15) is 13.2 Å². The van der Waals surface area contributed by atoms with Gasteiger partial charge in [0, 0.05) is 28.9 Å². The van der Waals surface area contributed by atoms with E-state index in [1.807, 2.05) is 17.5 Å². The minimum atomic E-state index is -3.27. The maximum absolute atomic E-state index is 12.3. The molecule has 0 saturated heterocycles. The van der Waals surface area contributed by atoms with E-state index in [0.29, 0.717) is 10.7 Å². The summed E-state index contributed by atoms with van der Waals surface area (Å²) in [6, 6.07) is 9.56. The number of pyridine rings is 1. The van der Waals surface area contributed by atoms with Crippen LogP contribution in [-0.4, -0.2) is 30.0 Å². The Morgan fingerprint density at radius 3 is 2.44 bits per heavy atom. The van der Waals surface area contributed by atoms with Crippen molar-refractivity contribution in [1.82, 2.24) is 9.97 Å². The van der Waals surface area contributed by atoms with Crippen LogP contribution in [0.2, 0.25) is 0 Å². The lowest BCUT2D eigenvalue weighted by atomic mass is 10.2. The average Bonchev–Trinajstić information content (AvgIpc) is 3.11. The summed E-state index contributed by atoms with van der Waals surface area (Å²) in [4.78, 5) is 20.8. The number of carbonyl (C=O) groups is 1. The number of nitrogens with zero attached hydrogens (tertiary/aromatic N) is 2. The van der Waals surface area contributed by atoms with E-state index in [4.69, 9.17) is 0 Å². The number of amides is 1. The molecule has 8 heteroatoms. The molecular formula is C17H15N3O3S2. The lowest BCUT2D eigenvalue weighted by Crippen LogP contribution is -2.12. The first kappa shape index (κ1) is 17.2. The average molecular weight is 373 g/mol. The summed E-state index contributed by atoms with van der Waals surface area (Å²) < 4.78 is 23.6. The van der Waals surface area contributed by atoms with Gasteiger partial charge in [-0.15, -0.1) is 11.3 Å². The van der Waals surface area contributed by atoms with Gasteiger partial charge < -0.3 is 0 Å². The van der Waals surface area contributed by atoms with Crippen molar-refractivity contribution in [3.63, 3.8) is 0 Å². The Morgan fingerprint density at radius 1 is 1.12 bits per heavy atom. The van der Waals surface area contributed by atoms with Gasteiger partial charge in [0.1, 0.15) is 0 Å². The van der Waals surface area contributed by atoms with E-state index in [-0.39, 0.29) is 16.6 Å². The second kappa shape index (κ2) is 7.12. The minimum absolute atomic E-state index is 0.0233. The van der Waals surface area contributed by atoms with E-state index in [1.54, 1.807) is 19.3 Å². The summed E-state index contributed by atoms with van der Waals surface area (Å²) in [5.74, 6) is -0.314. The Kier molecular flexibility index (Phi) is 4.91. The lowest BCUT2D eigenvalue weighted by Gasteiger charge is -2.04. The molecule has 0 aliphatic rings. The van der Waals surface area contributed by atoms with Crippen LogP contribution in [0.5, 0.6) is 0 Å². The SMILES string of the molecule is CCS(=O)(=O)c1ccc(C(=O)Nc2nc(-c3ccncc3)cs2)cc1. The van der Waals surface area contributed by atoms with Crippen LogP contribution in [0.25, 0.3) is 11.3 Å². The van der Waals surface area contributed by atoms with Gasteiger partial charge in [0.2, 0.25) is 0 Å². The highest BCUT2D eigenvalue weighted by atomic mass is 32.2. The number of carbonyl (C=O) groups excluding carboxylic acids is 1. The fourth-order valence-electron chi connectivity index (χ4n) is 2.14. The number of nitrogens with one attached hydrogen (secondary N) is 1. The fourth-order valence-corrected chi connectivity index (χ4v) is 3.73. The first-order valence-electron chi connectivity index (χ1n) is 7.49. The molecule has 2 aromatic heterocycles. The number of thiazole rings is 1. The van der Waals surface area contributed by atoms with Gasteiger partial charge in [-0.25, -0.2) is 13.4 Å². The first-order chi connectivity index (χ1) is 12.0. The summed E-state index contributed by atoms with van der Waals surface area (Å²) >= 11 is 1.32. The van der Waals surface area contributed by atoms with Gasteiger partial charge in [-0.3, -0.25) is 15.1 Å². The van der Waals surface area contributed by atoms with Gasteiger partial charge in [0.15, 0.2) is 15.0 Å². The van der Waals surface area contributed by atoms with Gasteiger partial charge in [0.05, 0.1) is 16.3 Å². The predicted octanol–water partition coefficient (Wildman–Crippen LogP) is 3.25. The van der Waals surface area contributed by atoms with Crippen LogP contribution in [0.15, 0.2) is 59.1 Å². The van der Waals surface area contributed by atoms with Gasteiger partial charge in [0.25, 0.3) is 5.91 Å². The maximum atomic E-state index is 12.3. The smallest absolute Gasteiger partial charge is 0.257 e. The Balaban J connectivity index is 1.74. The molecule has 0 spiro atoms. The van der Waals surface area contributed by atoms with Crippen molar-refractivity contribution in [1.29, 1.82) is 0 Å². The molecule has 1 amide bonds. The lowest BCUT2D eigenvalue weighted by molar-refractivity contribution is 0.102. The Hall–Kier alpha value is -2.58. The summed E-state index contributed by atoms with van der Waals surface area (Å²) in [6.07, 6.45) is 3.36. The molecule has 3 aromatic rings. The molecule has 0 aliphatic carbocycles. The second-order valence-corrected chi connectivity index (χ2v) is 8.29. The van der Waals surface area contributed by atoms with Crippen LogP contribution in [0.3, 0.4) is 0 Å². The summed E-state index contributed by atoms with van der Waals surface area (Å²) in [5, 5.41) is 5.05. The molecule has 0 saturated carbocycles. The number of benzene rings is 1. The molecule has 0 fully saturated rings. The van der Waals surface area contributed by atoms with Gasteiger partial charge in [-0.2, -0.15) is 0 Å². The normalized spacial score (nSPS) is 11.2. The van der Waals surface area contributed by atoms with Gasteiger partial charge in [-0.1, -0.05) is 6.92 Å². The third-order valence-corrected chi connectivity index (χ3v) is 6.06. The monoisotopic (exact) mass is 373 g/mol. The third-order valence-electron chi connectivity index (χ3n) is 3.56. The van der Waals surface area contributed by atoms with Crippen LogP contribution in [0.4, 0.5) is 5.13 Å². The molecule has 25 heavy (non-hydrogen) atoms. The maximum Gasteiger partial charge on any atom is 0.257 e. The van der Waals surface area contributed by atoms with Crippen molar-refractivity contribution in [3.05, 3.63) is 59.7 Å². The number of hydrogen-bond acceptors (Lipinski definition) is 6. The molecule has 2 heterocycles. The molecule has 0 bridgehead atoms. The molecular weight excluding hydrogens is 358 g/mol. The molecule has 1 aromatic carbocycles. The highest BCUT2D eigenvalue weighted by Crippen LogP contribution is 2.24.